The molecule has 1 rings (SSSR count). The third kappa shape index (κ3) is 2.69. The molecule has 1 aromatic rings. The zero-order chi connectivity index (χ0) is 7.94. The molecule has 1 aromatic heterocycles. The van der Waals surface area contributed by atoms with Crippen LogP contribution < -0.4 is 0 Å². The van der Waals surface area contributed by atoms with Gasteiger partial charge in [0, 0.05) is 18.8 Å². The van der Waals surface area contributed by atoms with Gasteiger partial charge in [0.15, 0.2) is 0 Å². The van der Waals surface area contributed by atoms with Crippen molar-refractivity contribution in [3.63, 3.8) is 0 Å². The lowest BCUT2D eigenvalue weighted by Crippen LogP contribution is -1.95. The van der Waals surface area contributed by atoms with Gasteiger partial charge in [-0.1, -0.05) is 0 Å². The lowest BCUT2D eigenvalue weighted by Gasteiger charge is -1.91. The maximum Gasteiger partial charge on any atom is 0.234 e. The van der Waals surface area contributed by atoms with E-state index in [0.29, 0.717) is 18.8 Å². The first-order valence-electron chi connectivity index (χ1n) is 3.23. The molecular formula is C7H7N3O. The van der Waals surface area contributed by atoms with E-state index in [9.17, 15) is 4.79 Å². The summed E-state index contributed by atoms with van der Waals surface area (Å²) in [6.45, 7) is 0.410. The maximum atomic E-state index is 9.66. The third-order valence-corrected chi connectivity index (χ3v) is 1.13. The van der Waals surface area contributed by atoms with Crippen molar-refractivity contribution in [1.29, 1.82) is 0 Å². The Labute approximate surface area is 64.0 Å². The fourth-order valence-electron chi connectivity index (χ4n) is 0.661. The Morgan fingerprint density at radius 3 is 2.82 bits per heavy atom. The molecule has 0 spiro atoms. The van der Waals surface area contributed by atoms with Gasteiger partial charge >= 0.3 is 0 Å². The van der Waals surface area contributed by atoms with Gasteiger partial charge in [0.1, 0.15) is 5.82 Å². The zero-order valence-electron chi connectivity index (χ0n) is 5.90. The Hall–Kier alpha value is -1.54. The Morgan fingerprint density at radius 1 is 1.45 bits per heavy atom. The first-order valence-corrected chi connectivity index (χ1v) is 3.23. The van der Waals surface area contributed by atoms with Crippen molar-refractivity contribution >= 4 is 6.08 Å². The first-order chi connectivity index (χ1) is 5.43. The van der Waals surface area contributed by atoms with Gasteiger partial charge in [0.2, 0.25) is 6.08 Å². The van der Waals surface area contributed by atoms with Crippen LogP contribution in [0.4, 0.5) is 0 Å². The van der Waals surface area contributed by atoms with Gasteiger partial charge in [0.05, 0.1) is 6.54 Å². The fraction of sp³-hybridized carbons (Fsp3) is 0.286. The van der Waals surface area contributed by atoms with Crippen molar-refractivity contribution < 1.29 is 4.79 Å². The molecule has 0 atom stereocenters. The predicted molar refractivity (Wildman–Crippen MR) is 38.7 cm³/mol. The van der Waals surface area contributed by atoms with Crippen molar-refractivity contribution in [2.45, 2.75) is 6.42 Å². The van der Waals surface area contributed by atoms with Crippen LogP contribution in [0.2, 0.25) is 0 Å². The van der Waals surface area contributed by atoms with Gasteiger partial charge in [-0.05, 0) is 6.07 Å². The average Bonchev–Trinajstić information content (AvgIpc) is 2.07. The minimum atomic E-state index is 0.410. The van der Waals surface area contributed by atoms with Gasteiger partial charge in [-0.15, -0.1) is 0 Å². The Morgan fingerprint density at radius 2 is 2.18 bits per heavy atom. The SMILES string of the molecule is O=C=NCCc1ncccn1. The molecule has 0 N–H and O–H groups in total. The molecule has 0 radical (unpaired) electrons. The molecule has 0 bridgehead atoms. The lowest BCUT2D eigenvalue weighted by molar-refractivity contribution is 0.562. The molecule has 0 fully saturated rings. The summed E-state index contributed by atoms with van der Waals surface area (Å²) in [4.78, 5) is 20.9. The van der Waals surface area contributed by atoms with Crippen LogP contribution in [-0.4, -0.2) is 22.6 Å². The highest BCUT2D eigenvalue weighted by Crippen LogP contribution is 1.88. The Bertz CT molecular complexity index is 254. The van der Waals surface area contributed by atoms with Crippen molar-refractivity contribution in [1.82, 2.24) is 9.97 Å². The molecule has 0 unspecified atom stereocenters. The topological polar surface area (TPSA) is 55.2 Å². The molecule has 0 aliphatic heterocycles. The number of isocyanates is 1. The van der Waals surface area contributed by atoms with E-state index in [2.05, 4.69) is 15.0 Å². The minimum Gasteiger partial charge on any atom is -0.241 e. The number of aromatic nitrogens is 2. The van der Waals surface area contributed by atoms with Crippen LogP contribution in [0.1, 0.15) is 5.82 Å². The second-order valence-corrected chi connectivity index (χ2v) is 1.89. The van der Waals surface area contributed by atoms with Crippen LogP contribution in [0, 0.1) is 0 Å². The molecule has 0 saturated heterocycles. The zero-order valence-corrected chi connectivity index (χ0v) is 5.90. The second-order valence-electron chi connectivity index (χ2n) is 1.89. The Balaban J connectivity index is 2.45. The molecule has 1 heterocycles. The van der Waals surface area contributed by atoms with Crippen LogP contribution in [-0.2, 0) is 11.2 Å². The van der Waals surface area contributed by atoms with E-state index in [1.54, 1.807) is 18.5 Å². The molecule has 0 aliphatic carbocycles. The number of carbonyl (C=O) groups excluding carboxylic acids is 1. The average molecular weight is 149 g/mol. The Kier molecular flexibility index (Phi) is 2.96. The second kappa shape index (κ2) is 4.30. The van der Waals surface area contributed by atoms with Gasteiger partial charge in [-0.3, -0.25) is 0 Å². The molecule has 0 saturated carbocycles. The summed E-state index contributed by atoms with van der Waals surface area (Å²) in [6, 6.07) is 1.74. The van der Waals surface area contributed by atoms with Crippen molar-refractivity contribution in [2.75, 3.05) is 6.54 Å². The first kappa shape index (κ1) is 7.57. The summed E-state index contributed by atoms with van der Waals surface area (Å²) in [6.07, 6.45) is 5.37. The molecule has 11 heavy (non-hydrogen) atoms. The highest BCUT2D eigenvalue weighted by Gasteiger charge is 1.90. The number of hydrogen-bond donors (Lipinski definition) is 0. The van der Waals surface area contributed by atoms with Crippen LogP contribution in [0.15, 0.2) is 23.5 Å². The van der Waals surface area contributed by atoms with Gasteiger partial charge in [-0.25, -0.2) is 19.8 Å². The van der Waals surface area contributed by atoms with Crippen LogP contribution in [0.25, 0.3) is 0 Å². The number of aliphatic imine (C=N–C) groups is 1. The molecule has 0 amide bonds. The summed E-state index contributed by atoms with van der Waals surface area (Å²) >= 11 is 0. The molecule has 0 aliphatic rings. The van der Waals surface area contributed by atoms with E-state index in [-0.39, 0.29) is 0 Å². The summed E-state index contributed by atoms with van der Waals surface area (Å²) in [5.41, 5.74) is 0. The number of rotatable bonds is 3. The van der Waals surface area contributed by atoms with Crippen molar-refractivity contribution in [2.24, 2.45) is 4.99 Å². The van der Waals surface area contributed by atoms with E-state index in [1.807, 2.05) is 0 Å². The van der Waals surface area contributed by atoms with E-state index in [0.717, 1.165) is 0 Å². The van der Waals surface area contributed by atoms with Crippen molar-refractivity contribution in [3.8, 4) is 0 Å². The van der Waals surface area contributed by atoms with Gasteiger partial charge < -0.3 is 0 Å². The van der Waals surface area contributed by atoms with E-state index < -0.39 is 0 Å². The largest absolute Gasteiger partial charge is 0.241 e. The number of nitrogens with zero attached hydrogens (tertiary/aromatic N) is 3. The minimum absolute atomic E-state index is 0.410. The standard InChI is InChI=1S/C7H7N3O/c11-6-8-5-2-7-9-3-1-4-10-7/h1,3-4H,2,5H2. The molecule has 0 aromatic carbocycles. The molecule has 4 heteroatoms. The maximum absolute atomic E-state index is 9.66. The van der Waals surface area contributed by atoms with Crippen LogP contribution in [0.3, 0.4) is 0 Å². The summed E-state index contributed by atoms with van der Waals surface area (Å²) in [7, 11) is 0. The van der Waals surface area contributed by atoms with E-state index >= 15 is 0 Å². The van der Waals surface area contributed by atoms with E-state index in [1.165, 1.54) is 6.08 Å². The normalized spacial score (nSPS) is 8.73. The fourth-order valence-corrected chi connectivity index (χ4v) is 0.661. The quantitative estimate of drug-likeness (QED) is 0.460. The lowest BCUT2D eigenvalue weighted by atomic mass is 10.4. The highest BCUT2D eigenvalue weighted by atomic mass is 16.1. The summed E-state index contributed by atoms with van der Waals surface area (Å²) in [5, 5.41) is 0. The third-order valence-electron chi connectivity index (χ3n) is 1.13. The molecule has 4 nitrogen and oxygen atoms in total. The molecular weight excluding hydrogens is 142 g/mol. The molecule has 56 valence electrons. The highest BCUT2D eigenvalue weighted by molar-refractivity contribution is 5.32. The smallest absolute Gasteiger partial charge is 0.234 e. The van der Waals surface area contributed by atoms with E-state index in [4.69, 9.17) is 0 Å². The number of hydrogen-bond acceptors (Lipinski definition) is 4. The predicted octanol–water partition coefficient (Wildman–Crippen LogP) is 0.355. The monoisotopic (exact) mass is 149 g/mol. The van der Waals surface area contributed by atoms with Crippen LogP contribution >= 0.6 is 0 Å². The summed E-state index contributed by atoms with van der Waals surface area (Å²) < 4.78 is 0. The van der Waals surface area contributed by atoms with Crippen molar-refractivity contribution in [3.05, 3.63) is 24.3 Å². The van der Waals surface area contributed by atoms with Gasteiger partial charge in [-0.2, -0.15) is 0 Å². The van der Waals surface area contributed by atoms with Gasteiger partial charge in [0.25, 0.3) is 0 Å². The summed E-state index contributed by atoms with van der Waals surface area (Å²) in [5.74, 6) is 0.700. The van der Waals surface area contributed by atoms with Crippen LogP contribution in [0.5, 0.6) is 0 Å².